The van der Waals surface area contributed by atoms with E-state index >= 15 is 0 Å². The number of hydrogen-bond acceptors (Lipinski definition) is 2. The zero-order valence-corrected chi connectivity index (χ0v) is 10.6. The molecule has 2 N–H and O–H groups in total. The molecule has 1 unspecified atom stereocenters. The van der Waals surface area contributed by atoms with Crippen LogP contribution in [0.15, 0.2) is 37.5 Å². The standard InChI is InChI=1S/C16H20O2/c1-3-5-6-9-13-16(18)14-11-8-7-10-12-15(17)4-2/h3-4,11,14-18H,1-2,5-6,9,13H2/b14-11+/t15-,16?/m0/s1. The summed E-state index contributed by atoms with van der Waals surface area (Å²) in [5.41, 5.74) is 0. The van der Waals surface area contributed by atoms with E-state index in [1.165, 1.54) is 6.08 Å². The summed E-state index contributed by atoms with van der Waals surface area (Å²) >= 11 is 0. The SMILES string of the molecule is C=CCCCCC(O)/C=C/C#CC#C[C@@H](O)C=C. The molecule has 0 spiro atoms. The van der Waals surface area contributed by atoms with Crippen LogP contribution in [0.3, 0.4) is 0 Å². The van der Waals surface area contributed by atoms with Gasteiger partial charge in [-0.25, -0.2) is 0 Å². The first kappa shape index (κ1) is 16.3. The normalized spacial score (nSPS) is 12.8. The van der Waals surface area contributed by atoms with Crippen molar-refractivity contribution in [3.05, 3.63) is 37.5 Å². The fourth-order valence-corrected chi connectivity index (χ4v) is 1.14. The molecule has 0 saturated carbocycles. The third kappa shape index (κ3) is 10.8. The summed E-state index contributed by atoms with van der Waals surface area (Å²) in [5.74, 6) is 10.2. The smallest absolute Gasteiger partial charge is 0.134 e. The maximum Gasteiger partial charge on any atom is 0.134 e. The Morgan fingerprint density at radius 1 is 1.11 bits per heavy atom. The highest BCUT2D eigenvalue weighted by Crippen LogP contribution is 2.04. The molecule has 2 atom stereocenters. The van der Waals surface area contributed by atoms with Gasteiger partial charge >= 0.3 is 0 Å². The van der Waals surface area contributed by atoms with E-state index in [1.807, 2.05) is 6.08 Å². The van der Waals surface area contributed by atoms with Crippen molar-refractivity contribution in [1.29, 1.82) is 0 Å². The van der Waals surface area contributed by atoms with Crippen molar-refractivity contribution in [3.8, 4) is 23.7 Å². The second-order valence-corrected chi connectivity index (χ2v) is 3.72. The summed E-state index contributed by atoms with van der Waals surface area (Å²) in [6.07, 6.45) is 8.86. The van der Waals surface area contributed by atoms with Gasteiger partial charge in [-0.3, -0.25) is 0 Å². The average Bonchev–Trinajstić information content (AvgIpc) is 2.38. The molecule has 0 aliphatic heterocycles. The molecule has 0 rings (SSSR count). The fraction of sp³-hybridized carbons (Fsp3) is 0.375. The Bertz CT molecular complexity index is 385. The van der Waals surface area contributed by atoms with Crippen LogP contribution in [0.1, 0.15) is 25.7 Å². The summed E-state index contributed by atoms with van der Waals surface area (Å²) in [7, 11) is 0. The van der Waals surface area contributed by atoms with Crippen LogP contribution in [-0.2, 0) is 0 Å². The van der Waals surface area contributed by atoms with Gasteiger partial charge in [0.05, 0.1) is 6.10 Å². The van der Waals surface area contributed by atoms with Gasteiger partial charge in [-0.05, 0) is 43.3 Å². The van der Waals surface area contributed by atoms with Crippen LogP contribution in [0.5, 0.6) is 0 Å². The molecule has 0 radical (unpaired) electrons. The van der Waals surface area contributed by atoms with Gasteiger partial charge in [0, 0.05) is 0 Å². The lowest BCUT2D eigenvalue weighted by atomic mass is 10.1. The van der Waals surface area contributed by atoms with Gasteiger partial charge in [-0.2, -0.15) is 0 Å². The third-order valence-corrected chi connectivity index (χ3v) is 2.14. The van der Waals surface area contributed by atoms with Crippen LogP contribution in [0.25, 0.3) is 0 Å². The van der Waals surface area contributed by atoms with E-state index in [-0.39, 0.29) is 0 Å². The van der Waals surface area contributed by atoms with E-state index < -0.39 is 12.2 Å². The number of unbranched alkanes of at least 4 members (excludes halogenated alkanes) is 2. The Kier molecular flexibility index (Phi) is 10.6. The maximum absolute atomic E-state index is 9.56. The Morgan fingerprint density at radius 2 is 1.89 bits per heavy atom. The number of hydrogen-bond donors (Lipinski definition) is 2. The molecular weight excluding hydrogens is 224 g/mol. The largest absolute Gasteiger partial charge is 0.389 e. The summed E-state index contributed by atoms with van der Waals surface area (Å²) in [5, 5.41) is 18.6. The highest BCUT2D eigenvalue weighted by molar-refractivity contribution is 5.32. The molecule has 0 aromatic heterocycles. The molecule has 0 bridgehead atoms. The highest BCUT2D eigenvalue weighted by Gasteiger charge is 1.96. The maximum atomic E-state index is 9.56. The molecule has 0 amide bonds. The first-order valence-corrected chi connectivity index (χ1v) is 5.98. The molecule has 2 nitrogen and oxygen atoms in total. The van der Waals surface area contributed by atoms with Crippen LogP contribution >= 0.6 is 0 Å². The Morgan fingerprint density at radius 3 is 2.56 bits per heavy atom. The monoisotopic (exact) mass is 244 g/mol. The number of allylic oxidation sites excluding steroid dienone is 2. The summed E-state index contributed by atoms with van der Waals surface area (Å²) in [6, 6.07) is 0. The molecule has 96 valence electrons. The van der Waals surface area contributed by atoms with Crippen LogP contribution in [-0.4, -0.2) is 22.4 Å². The van der Waals surface area contributed by atoms with Gasteiger partial charge in [0.2, 0.25) is 0 Å². The Balaban J connectivity index is 3.86. The quantitative estimate of drug-likeness (QED) is 0.409. The van der Waals surface area contributed by atoms with Gasteiger partial charge in [0.1, 0.15) is 6.10 Å². The van der Waals surface area contributed by atoms with Crippen LogP contribution in [0, 0.1) is 23.7 Å². The fourth-order valence-electron chi connectivity index (χ4n) is 1.14. The lowest BCUT2D eigenvalue weighted by Gasteiger charge is -2.02. The molecule has 0 aliphatic rings. The number of aliphatic hydroxyl groups excluding tert-OH is 2. The average molecular weight is 244 g/mol. The van der Waals surface area contributed by atoms with E-state index in [1.54, 1.807) is 12.2 Å². The van der Waals surface area contributed by atoms with Gasteiger partial charge < -0.3 is 10.2 Å². The Labute approximate surface area is 110 Å². The lowest BCUT2D eigenvalue weighted by Crippen LogP contribution is -2.00. The van der Waals surface area contributed by atoms with E-state index in [0.717, 1.165) is 25.7 Å². The van der Waals surface area contributed by atoms with Crippen molar-refractivity contribution in [2.45, 2.75) is 37.9 Å². The van der Waals surface area contributed by atoms with E-state index in [2.05, 4.69) is 36.8 Å². The minimum atomic E-state index is -0.835. The van der Waals surface area contributed by atoms with Crippen molar-refractivity contribution in [1.82, 2.24) is 0 Å². The predicted molar refractivity (Wildman–Crippen MR) is 75.6 cm³/mol. The predicted octanol–water partition coefficient (Wildman–Crippen LogP) is 2.20. The molecule has 0 fully saturated rings. The van der Waals surface area contributed by atoms with Gasteiger partial charge in [0.25, 0.3) is 0 Å². The van der Waals surface area contributed by atoms with Crippen LogP contribution in [0.4, 0.5) is 0 Å². The zero-order valence-electron chi connectivity index (χ0n) is 10.6. The second-order valence-electron chi connectivity index (χ2n) is 3.72. The minimum Gasteiger partial charge on any atom is -0.389 e. The topological polar surface area (TPSA) is 40.5 Å². The van der Waals surface area contributed by atoms with Crippen molar-refractivity contribution >= 4 is 0 Å². The molecular formula is C16H20O2. The third-order valence-electron chi connectivity index (χ3n) is 2.14. The van der Waals surface area contributed by atoms with Crippen molar-refractivity contribution in [2.24, 2.45) is 0 Å². The van der Waals surface area contributed by atoms with Gasteiger partial charge in [-0.15, -0.1) is 6.58 Å². The molecule has 0 aromatic rings. The molecule has 0 heterocycles. The first-order valence-electron chi connectivity index (χ1n) is 5.98. The Hall–Kier alpha value is -1.74. The van der Waals surface area contributed by atoms with Crippen molar-refractivity contribution in [3.63, 3.8) is 0 Å². The van der Waals surface area contributed by atoms with E-state index in [4.69, 9.17) is 5.11 Å². The summed E-state index contributed by atoms with van der Waals surface area (Å²) < 4.78 is 0. The number of aliphatic hydroxyl groups is 2. The minimum absolute atomic E-state index is 0.462. The van der Waals surface area contributed by atoms with E-state index in [9.17, 15) is 5.11 Å². The molecule has 18 heavy (non-hydrogen) atoms. The van der Waals surface area contributed by atoms with Crippen molar-refractivity contribution < 1.29 is 10.2 Å². The molecule has 0 aliphatic carbocycles. The second kappa shape index (κ2) is 11.7. The van der Waals surface area contributed by atoms with Gasteiger partial charge in [-0.1, -0.05) is 37.0 Å². The van der Waals surface area contributed by atoms with E-state index in [0.29, 0.717) is 0 Å². The zero-order chi connectivity index (χ0) is 13.6. The van der Waals surface area contributed by atoms with Crippen LogP contribution in [0.2, 0.25) is 0 Å². The molecule has 0 aromatic carbocycles. The lowest BCUT2D eigenvalue weighted by molar-refractivity contribution is 0.208. The van der Waals surface area contributed by atoms with Gasteiger partial charge in [0.15, 0.2) is 0 Å². The first-order chi connectivity index (χ1) is 8.70. The number of rotatable bonds is 7. The summed E-state index contributed by atoms with van der Waals surface area (Å²) in [6.45, 7) is 7.03. The van der Waals surface area contributed by atoms with Crippen LogP contribution < -0.4 is 0 Å². The van der Waals surface area contributed by atoms with Crippen molar-refractivity contribution in [2.75, 3.05) is 0 Å². The molecule has 2 heteroatoms. The molecule has 0 saturated heterocycles. The summed E-state index contributed by atoms with van der Waals surface area (Å²) in [4.78, 5) is 0. The highest BCUT2D eigenvalue weighted by atomic mass is 16.3.